The highest BCUT2D eigenvalue weighted by molar-refractivity contribution is 4.96. The molecule has 0 radical (unpaired) electrons. The van der Waals surface area contributed by atoms with Crippen LogP contribution in [0.1, 0.15) is 41.0 Å². The summed E-state index contributed by atoms with van der Waals surface area (Å²) in [5, 5.41) is 3.68. The average Bonchev–Trinajstić information content (AvgIpc) is 2.79. The van der Waals surface area contributed by atoms with Crippen molar-refractivity contribution in [2.45, 2.75) is 52.6 Å². The van der Waals surface area contributed by atoms with Gasteiger partial charge in [-0.25, -0.2) is 0 Å². The Balaban J connectivity index is 1.97. The van der Waals surface area contributed by atoms with Gasteiger partial charge in [-0.1, -0.05) is 20.8 Å². The number of nitrogens with zero attached hydrogens (tertiary/aromatic N) is 1. The Bertz CT molecular complexity index is 247. The molecular formula is C14H28N2. The molecule has 0 bridgehead atoms. The molecular weight excluding hydrogens is 196 g/mol. The molecule has 16 heavy (non-hydrogen) atoms. The van der Waals surface area contributed by atoms with Crippen LogP contribution in [-0.4, -0.2) is 36.1 Å². The molecule has 1 saturated heterocycles. The van der Waals surface area contributed by atoms with Crippen molar-refractivity contribution in [1.29, 1.82) is 0 Å². The monoisotopic (exact) mass is 224 g/mol. The quantitative estimate of drug-likeness (QED) is 0.791. The largest absolute Gasteiger partial charge is 0.309 e. The van der Waals surface area contributed by atoms with E-state index in [4.69, 9.17) is 0 Å². The van der Waals surface area contributed by atoms with E-state index in [0.717, 1.165) is 30.3 Å². The van der Waals surface area contributed by atoms with Crippen molar-refractivity contribution >= 4 is 0 Å². The Hall–Kier alpha value is -0.0800. The van der Waals surface area contributed by atoms with Crippen LogP contribution in [0.4, 0.5) is 0 Å². The lowest BCUT2D eigenvalue weighted by atomic mass is 9.93. The van der Waals surface area contributed by atoms with Crippen molar-refractivity contribution in [1.82, 2.24) is 10.2 Å². The molecule has 2 fully saturated rings. The van der Waals surface area contributed by atoms with Crippen molar-refractivity contribution in [2.75, 3.05) is 19.6 Å². The maximum atomic E-state index is 3.68. The van der Waals surface area contributed by atoms with Crippen molar-refractivity contribution in [2.24, 2.45) is 17.8 Å². The zero-order valence-corrected chi connectivity index (χ0v) is 11.6. The normalized spacial score (nSPS) is 39.0. The molecule has 1 aliphatic carbocycles. The summed E-state index contributed by atoms with van der Waals surface area (Å²) in [7, 11) is 0. The second kappa shape index (κ2) is 4.30. The topological polar surface area (TPSA) is 15.3 Å². The fourth-order valence-electron chi connectivity index (χ4n) is 3.00. The first-order chi connectivity index (χ1) is 7.39. The third-order valence-corrected chi connectivity index (χ3v) is 4.37. The predicted molar refractivity (Wildman–Crippen MR) is 69.6 cm³/mol. The van der Waals surface area contributed by atoms with Crippen LogP contribution < -0.4 is 5.32 Å². The van der Waals surface area contributed by atoms with E-state index in [-0.39, 0.29) is 0 Å². The van der Waals surface area contributed by atoms with Gasteiger partial charge in [-0.05, 0) is 38.0 Å². The first-order valence-corrected chi connectivity index (χ1v) is 6.88. The van der Waals surface area contributed by atoms with Crippen molar-refractivity contribution < 1.29 is 0 Å². The molecule has 2 rings (SSSR count). The number of rotatable bonds is 3. The van der Waals surface area contributed by atoms with E-state index < -0.39 is 0 Å². The molecule has 0 aromatic heterocycles. The SMILES string of the molecule is CC(C)C1CNC(C)(C)CN1CC1CC1C. The average molecular weight is 224 g/mol. The summed E-state index contributed by atoms with van der Waals surface area (Å²) in [5.74, 6) is 2.72. The van der Waals surface area contributed by atoms with Gasteiger partial charge in [-0.3, -0.25) is 4.90 Å². The van der Waals surface area contributed by atoms with Crippen LogP contribution in [-0.2, 0) is 0 Å². The lowest BCUT2D eigenvalue weighted by molar-refractivity contribution is 0.0642. The fraction of sp³-hybridized carbons (Fsp3) is 1.00. The molecule has 3 atom stereocenters. The number of hydrogen-bond acceptors (Lipinski definition) is 2. The molecule has 0 amide bonds. The Morgan fingerprint density at radius 2 is 2.00 bits per heavy atom. The van der Waals surface area contributed by atoms with Crippen LogP contribution >= 0.6 is 0 Å². The molecule has 3 unspecified atom stereocenters. The highest BCUT2D eigenvalue weighted by Gasteiger charge is 2.39. The molecule has 0 spiro atoms. The smallest absolute Gasteiger partial charge is 0.0252 e. The van der Waals surface area contributed by atoms with Gasteiger partial charge in [0, 0.05) is 31.2 Å². The summed E-state index contributed by atoms with van der Waals surface area (Å²) in [4.78, 5) is 2.75. The molecule has 1 heterocycles. The number of hydrogen-bond donors (Lipinski definition) is 1. The minimum atomic E-state index is 0.295. The van der Waals surface area contributed by atoms with E-state index in [1.54, 1.807) is 0 Å². The van der Waals surface area contributed by atoms with E-state index in [1.165, 1.54) is 19.5 Å². The van der Waals surface area contributed by atoms with E-state index in [1.807, 2.05) is 0 Å². The number of nitrogens with one attached hydrogen (secondary N) is 1. The first kappa shape index (κ1) is 12.4. The van der Waals surface area contributed by atoms with Gasteiger partial charge in [0.1, 0.15) is 0 Å². The standard InChI is InChI=1S/C14H28N2/c1-10(2)13-7-15-14(4,5)9-16(13)8-12-6-11(12)3/h10-13,15H,6-9H2,1-5H3. The van der Waals surface area contributed by atoms with E-state index in [2.05, 4.69) is 44.8 Å². The van der Waals surface area contributed by atoms with Crippen LogP contribution in [0.3, 0.4) is 0 Å². The van der Waals surface area contributed by atoms with E-state index >= 15 is 0 Å². The van der Waals surface area contributed by atoms with Crippen LogP contribution in [0.2, 0.25) is 0 Å². The Kier molecular flexibility index (Phi) is 3.33. The van der Waals surface area contributed by atoms with Crippen molar-refractivity contribution in [3.05, 3.63) is 0 Å². The Labute approximate surface area is 101 Å². The summed E-state index contributed by atoms with van der Waals surface area (Å²) < 4.78 is 0. The molecule has 2 nitrogen and oxygen atoms in total. The van der Waals surface area contributed by atoms with E-state index in [9.17, 15) is 0 Å². The van der Waals surface area contributed by atoms with Gasteiger partial charge in [0.2, 0.25) is 0 Å². The molecule has 1 saturated carbocycles. The summed E-state index contributed by atoms with van der Waals surface area (Å²) in [5.41, 5.74) is 0.295. The second-order valence-electron chi connectivity index (χ2n) is 6.98. The van der Waals surface area contributed by atoms with Crippen molar-refractivity contribution in [3.63, 3.8) is 0 Å². The minimum absolute atomic E-state index is 0.295. The highest BCUT2D eigenvalue weighted by atomic mass is 15.3. The van der Waals surface area contributed by atoms with Crippen LogP contribution in [0.15, 0.2) is 0 Å². The van der Waals surface area contributed by atoms with Gasteiger partial charge >= 0.3 is 0 Å². The fourth-order valence-corrected chi connectivity index (χ4v) is 3.00. The molecule has 2 heteroatoms. The van der Waals surface area contributed by atoms with Crippen molar-refractivity contribution in [3.8, 4) is 0 Å². The van der Waals surface area contributed by atoms with Crippen LogP contribution in [0, 0.1) is 17.8 Å². The lowest BCUT2D eigenvalue weighted by Crippen LogP contribution is -2.63. The number of piperazine rings is 1. The molecule has 1 N–H and O–H groups in total. The summed E-state index contributed by atoms with van der Waals surface area (Å²) in [6.07, 6.45) is 1.45. The second-order valence-corrected chi connectivity index (χ2v) is 6.98. The van der Waals surface area contributed by atoms with Crippen LogP contribution in [0.25, 0.3) is 0 Å². The van der Waals surface area contributed by atoms with Gasteiger partial charge < -0.3 is 5.32 Å². The zero-order chi connectivity index (χ0) is 11.9. The third-order valence-electron chi connectivity index (χ3n) is 4.37. The molecule has 94 valence electrons. The maximum Gasteiger partial charge on any atom is 0.0252 e. The molecule has 0 aromatic carbocycles. The molecule has 2 aliphatic rings. The molecule has 1 aliphatic heterocycles. The van der Waals surface area contributed by atoms with Gasteiger partial charge in [-0.2, -0.15) is 0 Å². The Morgan fingerprint density at radius 3 is 2.50 bits per heavy atom. The van der Waals surface area contributed by atoms with Crippen LogP contribution in [0.5, 0.6) is 0 Å². The van der Waals surface area contributed by atoms with Gasteiger partial charge in [-0.15, -0.1) is 0 Å². The summed E-state index contributed by atoms with van der Waals surface area (Å²) in [6, 6.07) is 0.737. The molecule has 0 aromatic rings. The maximum absolute atomic E-state index is 3.68. The lowest BCUT2D eigenvalue weighted by Gasteiger charge is -2.46. The summed E-state index contributed by atoms with van der Waals surface area (Å²) in [6.45, 7) is 15.4. The Morgan fingerprint density at radius 1 is 1.38 bits per heavy atom. The third kappa shape index (κ3) is 2.78. The van der Waals surface area contributed by atoms with Gasteiger partial charge in [0.05, 0.1) is 0 Å². The highest BCUT2D eigenvalue weighted by Crippen LogP contribution is 2.39. The van der Waals surface area contributed by atoms with E-state index in [0.29, 0.717) is 5.54 Å². The van der Waals surface area contributed by atoms with Gasteiger partial charge in [0.15, 0.2) is 0 Å². The first-order valence-electron chi connectivity index (χ1n) is 6.88. The van der Waals surface area contributed by atoms with Gasteiger partial charge in [0.25, 0.3) is 0 Å². The predicted octanol–water partition coefficient (Wildman–Crippen LogP) is 2.35. The summed E-state index contributed by atoms with van der Waals surface area (Å²) >= 11 is 0. The minimum Gasteiger partial charge on any atom is -0.309 e. The zero-order valence-electron chi connectivity index (χ0n) is 11.6.